The molecule has 6 N–H and O–H groups in total. The van der Waals surface area contributed by atoms with Gasteiger partial charge in [0.15, 0.2) is 0 Å². The van der Waals surface area contributed by atoms with E-state index in [1.807, 2.05) is 0 Å². The van der Waals surface area contributed by atoms with Crippen LogP contribution in [0.1, 0.15) is 11.5 Å². The summed E-state index contributed by atoms with van der Waals surface area (Å²) in [6.07, 6.45) is 0. The molecule has 10 heteroatoms. The predicted molar refractivity (Wildman–Crippen MR) is 100 cm³/mol. The second-order valence-corrected chi connectivity index (χ2v) is 7.97. The third-order valence-corrected chi connectivity index (χ3v) is 6.02. The molecule has 0 aliphatic carbocycles. The molecule has 8 nitrogen and oxygen atoms in total. The van der Waals surface area contributed by atoms with Gasteiger partial charge in [0.25, 0.3) is 0 Å². The fourth-order valence-corrected chi connectivity index (χ4v) is 4.44. The second kappa shape index (κ2) is 6.71. The first kappa shape index (κ1) is 18.4. The Morgan fingerprint density at radius 3 is 2.65 bits per heavy atom. The molecule has 2 atom stereocenters. The third kappa shape index (κ3) is 3.30. The molecule has 2 unspecified atom stereocenters. The number of anilines is 2. The molecule has 1 aliphatic heterocycles. The van der Waals surface area contributed by atoms with Crippen molar-refractivity contribution in [3.8, 4) is 0 Å². The molecule has 0 amide bonds. The van der Waals surface area contributed by atoms with Gasteiger partial charge in [-0.15, -0.1) is 0 Å². The molecule has 1 aromatic carbocycles. The Balaban J connectivity index is 1.92. The van der Waals surface area contributed by atoms with Crippen LogP contribution in [0.15, 0.2) is 48.3 Å². The Bertz CT molecular complexity index is 925. The zero-order valence-electron chi connectivity index (χ0n) is 13.9. The van der Waals surface area contributed by atoms with Crippen LogP contribution in [0, 0.1) is 0 Å². The summed E-state index contributed by atoms with van der Waals surface area (Å²) >= 11 is 0. The molecule has 0 radical (unpaired) electrons. The van der Waals surface area contributed by atoms with Crippen LogP contribution in [0.2, 0.25) is 0 Å². The van der Waals surface area contributed by atoms with Gasteiger partial charge < -0.3 is 0 Å². The average Bonchev–Trinajstić information content (AvgIpc) is 2.98. The van der Waals surface area contributed by atoms with Crippen molar-refractivity contribution in [2.45, 2.75) is 11.5 Å². The Kier molecular flexibility index (Phi) is 4.74. The fraction of sp³-hybridized carbons (Fsp3) is 0.250. The molecule has 1 aliphatic rings. The molecular weight excluding hydrogens is 355 g/mol. The first-order valence-corrected chi connectivity index (χ1v) is 9.37. The number of carbonyl (C=O) groups is 1. The molecule has 26 heavy (non-hydrogen) atoms. The van der Waals surface area contributed by atoms with E-state index in [1.54, 1.807) is 49.2 Å². The summed E-state index contributed by atoms with van der Waals surface area (Å²) in [5.41, 5.74) is 11.4. The Labute approximate surface area is 152 Å². The Morgan fingerprint density at radius 2 is 2.04 bits per heavy atom. The number of nitrogens with one attached hydrogen (secondary N) is 1. The van der Waals surface area contributed by atoms with Crippen LogP contribution in [0.5, 0.6) is 0 Å². The van der Waals surface area contributed by atoms with Gasteiger partial charge in [-0.2, -0.15) is 0 Å². The number of aliphatic carboxylic acids is 1. The van der Waals surface area contributed by atoms with Gasteiger partial charge in [-0.25, -0.2) is 0 Å². The van der Waals surface area contributed by atoms with E-state index in [2.05, 4.69) is 4.72 Å². The average molecular weight is 374 g/mol. The minimum atomic E-state index is -4.02. The molecule has 0 spiro atoms. The van der Waals surface area contributed by atoms with Gasteiger partial charge in [0.2, 0.25) is 0 Å². The summed E-state index contributed by atoms with van der Waals surface area (Å²) in [5, 5.41) is 9.63. The van der Waals surface area contributed by atoms with Crippen molar-refractivity contribution >= 4 is 34.5 Å². The molecule has 3 rings (SSSR count). The van der Waals surface area contributed by atoms with Crippen LogP contribution in [0.4, 0.5) is 11.4 Å². The molecule has 1 aromatic heterocycles. The first-order valence-electron chi connectivity index (χ1n) is 7.93. The summed E-state index contributed by atoms with van der Waals surface area (Å²) in [6, 6.07) is 9.94. The van der Waals surface area contributed by atoms with Crippen molar-refractivity contribution in [1.82, 2.24) is 4.31 Å². The van der Waals surface area contributed by atoms with Crippen molar-refractivity contribution < 1.29 is 18.3 Å². The molecule has 0 bridgehead atoms. The Morgan fingerprint density at radius 1 is 1.31 bits per heavy atom. The summed E-state index contributed by atoms with van der Waals surface area (Å²) in [5.74, 6) is 1.62. The van der Waals surface area contributed by atoms with Gasteiger partial charge in [0.1, 0.15) is 0 Å². The maximum absolute atomic E-state index is 12.8. The normalized spacial score (nSPS) is 23.5. The molecule has 1 fully saturated rings. The van der Waals surface area contributed by atoms with E-state index in [0.29, 0.717) is 5.56 Å². The topological polar surface area (TPSA) is 139 Å². The second-order valence-electron chi connectivity index (χ2n) is 6.30. The summed E-state index contributed by atoms with van der Waals surface area (Å²) in [4.78, 5) is 11.8. The summed E-state index contributed by atoms with van der Waals surface area (Å²) in [6.45, 7) is 1.37. The predicted octanol–water partition coefficient (Wildman–Crippen LogP) is 0.145. The van der Waals surface area contributed by atoms with Crippen LogP contribution in [0.3, 0.4) is 0 Å². The zero-order chi connectivity index (χ0) is 18.9. The van der Waals surface area contributed by atoms with E-state index in [0.717, 1.165) is 4.31 Å². The van der Waals surface area contributed by atoms with Crippen molar-refractivity contribution in [2.24, 2.45) is 5.73 Å². The number of carboxylic acid groups (broad SMARTS) is 1. The van der Waals surface area contributed by atoms with Crippen LogP contribution in [-0.4, -0.2) is 49.3 Å². The number of benzene rings is 1. The van der Waals surface area contributed by atoms with Crippen molar-refractivity contribution in [2.75, 3.05) is 23.5 Å². The van der Waals surface area contributed by atoms with E-state index in [4.69, 9.17) is 11.5 Å². The number of nitrogens with zero attached hydrogens (tertiary/aromatic N) is 1. The van der Waals surface area contributed by atoms with E-state index >= 15 is 0 Å². The van der Waals surface area contributed by atoms with E-state index in [9.17, 15) is 18.3 Å². The molecule has 136 valence electrons. The first-order chi connectivity index (χ1) is 12.2. The SMILES string of the molecule is Nc1ccccc1NS(=O)(=O)N1CC(c2cbccc2)C(N)(C(=O)O)C1. The van der Waals surface area contributed by atoms with Crippen LogP contribution < -0.4 is 16.2 Å². The van der Waals surface area contributed by atoms with E-state index < -0.39 is 27.6 Å². The number of nitrogen functional groups attached to an aromatic ring is 1. The van der Waals surface area contributed by atoms with Crippen LogP contribution in [-0.2, 0) is 15.0 Å². The van der Waals surface area contributed by atoms with Crippen LogP contribution >= 0.6 is 0 Å². The Hall–Kier alpha value is -2.43. The number of hydrogen-bond acceptors (Lipinski definition) is 5. The quantitative estimate of drug-likeness (QED) is 0.550. The van der Waals surface area contributed by atoms with Crippen molar-refractivity contribution in [3.63, 3.8) is 0 Å². The summed E-state index contributed by atoms with van der Waals surface area (Å²) < 4.78 is 29.0. The molecule has 0 saturated carbocycles. The number of carboxylic acids is 1. The summed E-state index contributed by atoms with van der Waals surface area (Å²) in [7, 11) is -4.02. The molecule has 1 saturated heterocycles. The van der Waals surface area contributed by atoms with Gasteiger partial charge in [-0.1, -0.05) is 0 Å². The molecule has 2 heterocycles. The molecule has 2 aromatic rings. The minimum absolute atomic E-state index is 0.0467. The van der Waals surface area contributed by atoms with Crippen molar-refractivity contribution in [1.29, 1.82) is 0 Å². The number of nitrogens with two attached hydrogens (primary N) is 2. The monoisotopic (exact) mass is 374 g/mol. The van der Waals surface area contributed by atoms with Gasteiger partial charge in [-0.05, 0) is 0 Å². The van der Waals surface area contributed by atoms with Crippen molar-refractivity contribution in [3.05, 3.63) is 53.9 Å². The zero-order valence-corrected chi connectivity index (χ0v) is 14.7. The number of rotatable bonds is 5. The number of hydrogen-bond donors (Lipinski definition) is 4. The van der Waals surface area contributed by atoms with Gasteiger partial charge >= 0.3 is 152 Å². The van der Waals surface area contributed by atoms with E-state index in [1.165, 1.54) is 6.07 Å². The third-order valence-electron chi connectivity index (χ3n) is 4.59. The molecular formula is C16H19BN4O4S. The van der Waals surface area contributed by atoms with Gasteiger partial charge in [-0.3, -0.25) is 0 Å². The maximum atomic E-state index is 12.8. The standard InChI is InChI=1S/C16H19BN4O4S/c18-13-5-1-2-6-14(13)20-26(24,25)21-9-12(11-4-3-7-17-8-11)16(19,10-21)15(22)23/h1-8,12,20H,9-10,18-19H2,(H,22,23). The van der Waals surface area contributed by atoms with Gasteiger partial charge in [0, 0.05) is 0 Å². The fourth-order valence-electron chi connectivity index (χ4n) is 3.11. The van der Waals surface area contributed by atoms with Gasteiger partial charge in [0.05, 0.1) is 0 Å². The van der Waals surface area contributed by atoms with Crippen LogP contribution in [0.25, 0.3) is 0 Å². The van der Waals surface area contributed by atoms with E-state index in [-0.39, 0.29) is 24.5 Å². The number of para-hydroxylation sites is 2.